The molecule has 0 atom stereocenters. The summed E-state index contributed by atoms with van der Waals surface area (Å²) in [5, 5.41) is 6.68. The van der Waals surface area contributed by atoms with Crippen LogP contribution in [-0.4, -0.2) is 62.3 Å². The first kappa shape index (κ1) is 18.0. The monoisotopic (exact) mass is 296 g/mol. The van der Waals surface area contributed by atoms with Crippen LogP contribution in [0.4, 0.5) is 0 Å². The Labute approximate surface area is 129 Å². The molecule has 0 aromatic heterocycles. The van der Waals surface area contributed by atoms with E-state index in [1.165, 1.54) is 0 Å². The van der Waals surface area contributed by atoms with Gasteiger partial charge in [-0.2, -0.15) is 0 Å². The minimum absolute atomic E-state index is 0.0649. The Hall–Kier alpha value is -1.07. The van der Waals surface area contributed by atoms with Crippen LogP contribution in [0.2, 0.25) is 0 Å². The number of guanidine groups is 1. The molecule has 0 radical (unpaired) electrons. The van der Waals surface area contributed by atoms with Crippen LogP contribution >= 0.6 is 0 Å². The Kier molecular flexibility index (Phi) is 8.38. The van der Waals surface area contributed by atoms with Crippen LogP contribution in [0.1, 0.15) is 34.1 Å². The zero-order chi connectivity index (χ0) is 15.6. The van der Waals surface area contributed by atoms with Gasteiger partial charge in [0.25, 0.3) is 0 Å². The van der Waals surface area contributed by atoms with Gasteiger partial charge in [-0.3, -0.25) is 9.89 Å². The van der Waals surface area contributed by atoms with E-state index in [1.54, 1.807) is 0 Å². The molecular formula is C16H32N4O. The van der Waals surface area contributed by atoms with Gasteiger partial charge in [-0.1, -0.05) is 12.2 Å². The number of ether oxygens (including phenoxy) is 1. The van der Waals surface area contributed by atoms with Crippen molar-refractivity contribution in [2.45, 2.75) is 39.7 Å². The van der Waals surface area contributed by atoms with Crippen LogP contribution in [0.5, 0.6) is 0 Å². The standard InChI is InChI=1S/C16H32N4O/c1-5-7-8-9-18-15(17-6-2)19-14-16(3,4)20-10-12-21-13-11-20/h5,7H,6,8-14H2,1-4H3,(H2,17,18,19). The predicted octanol–water partition coefficient (Wildman–Crippen LogP) is 1.62. The van der Waals surface area contributed by atoms with E-state index in [9.17, 15) is 0 Å². The Morgan fingerprint density at radius 2 is 2.00 bits per heavy atom. The van der Waals surface area contributed by atoms with Crippen LogP contribution in [0.25, 0.3) is 0 Å². The summed E-state index contributed by atoms with van der Waals surface area (Å²) in [5.74, 6) is 0.906. The zero-order valence-corrected chi connectivity index (χ0v) is 14.1. The second kappa shape index (κ2) is 9.79. The summed E-state index contributed by atoms with van der Waals surface area (Å²) in [6.07, 6.45) is 5.26. The van der Waals surface area contributed by atoms with E-state index in [0.717, 1.165) is 58.3 Å². The number of hydrogen-bond acceptors (Lipinski definition) is 3. The van der Waals surface area contributed by atoms with Crippen LogP contribution in [0.3, 0.4) is 0 Å². The molecule has 0 aromatic carbocycles. The van der Waals surface area contributed by atoms with Crippen molar-refractivity contribution in [1.29, 1.82) is 0 Å². The first-order chi connectivity index (χ1) is 10.1. The average Bonchev–Trinajstić information content (AvgIpc) is 2.50. The van der Waals surface area contributed by atoms with E-state index >= 15 is 0 Å². The molecule has 0 amide bonds. The van der Waals surface area contributed by atoms with Gasteiger partial charge in [0.05, 0.1) is 19.8 Å². The molecule has 21 heavy (non-hydrogen) atoms. The smallest absolute Gasteiger partial charge is 0.191 e. The Balaban J connectivity index is 2.49. The summed E-state index contributed by atoms with van der Waals surface area (Å²) >= 11 is 0. The minimum Gasteiger partial charge on any atom is -0.379 e. The highest BCUT2D eigenvalue weighted by Crippen LogP contribution is 2.16. The maximum Gasteiger partial charge on any atom is 0.191 e. The minimum atomic E-state index is 0.0649. The lowest BCUT2D eigenvalue weighted by Gasteiger charge is -2.39. The maximum atomic E-state index is 5.43. The fraction of sp³-hybridized carbons (Fsp3) is 0.812. The maximum absolute atomic E-state index is 5.43. The van der Waals surface area contributed by atoms with Gasteiger partial charge >= 0.3 is 0 Å². The van der Waals surface area contributed by atoms with Gasteiger partial charge in [0.15, 0.2) is 5.96 Å². The molecule has 0 bridgehead atoms. The van der Waals surface area contributed by atoms with Crippen molar-refractivity contribution in [3.05, 3.63) is 12.2 Å². The molecule has 122 valence electrons. The second-order valence-electron chi connectivity index (χ2n) is 5.89. The van der Waals surface area contributed by atoms with Gasteiger partial charge in [0, 0.05) is 31.7 Å². The van der Waals surface area contributed by atoms with E-state index in [0.29, 0.717) is 0 Å². The Bertz CT molecular complexity index is 333. The highest BCUT2D eigenvalue weighted by molar-refractivity contribution is 5.79. The summed E-state index contributed by atoms with van der Waals surface area (Å²) in [7, 11) is 0. The summed E-state index contributed by atoms with van der Waals surface area (Å²) in [4.78, 5) is 7.21. The van der Waals surface area contributed by atoms with Crippen molar-refractivity contribution in [3.63, 3.8) is 0 Å². The summed E-state index contributed by atoms with van der Waals surface area (Å²) in [5.41, 5.74) is 0.0649. The van der Waals surface area contributed by atoms with Crippen LogP contribution in [0.15, 0.2) is 17.1 Å². The molecule has 2 N–H and O–H groups in total. The molecule has 1 aliphatic heterocycles. The lowest BCUT2D eigenvalue weighted by molar-refractivity contribution is -0.00683. The summed E-state index contributed by atoms with van der Waals surface area (Å²) in [6.45, 7) is 14.9. The van der Waals surface area contributed by atoms with Crippen molar-refractivity contribution in [2.75, 3.05) is 45.9 Å². The van der Waals surface area contributed by atoms with Crippen molar-refractivity contribution >= 4 is 5.96 Å². The SMILES string of the molecule is CC=CCCNC(=NCC(C)(C)N1CCOCC1)NCC. The zero-order valence-electron chi connectivity index (χ0n) is 14.1. The molecule has 0 aliphatic carbocycles. The number of hydrogen-bond donors (Lipinski definition) is 2. The number of nitrogens with zero attached hydrogens (tertiary/aromatic N) is 2. The lowest BCUT2D eigenvalue weighted by atomic mass is 10.0. The third-order valence-electron chi connectivity index (χ3n) is 3.67. The number of aliphatic imine (C=N–C) groups is 1. The first-order valence-electron chi connectivity index (χ1n) is 8.06. The van der Waals surface area contributed by atoms with E-state index < -0.39 is 0 Å². The highest BCUT2D eigenvalue weighted by Gasteiger charge is 2.27. The summed E-state index contributed by atoms with van der Waals surface area (Å²) in [6, 6.07) is 0. The van der Waals surface area contributed by atoms with E-state index in [2.05, 4.69) is 48.5 Å². The number of nitrogens with one attached hydrogen (secondary N) is 2. The Morgan fingerprint density at radius 3 is 2.62 bits per heavy atom. The van der Waals surface area contributed by atoms with Crippen molar-refractivity contribution in [1.82, 2.24) is 15.5 Å². The molecule has 1 heterocycles. The number of allylic oxidation sites excluding steroid dienone is 1. The lowest BCUT2D eigenvalue weighted by Crippen LogP contribution is -2.52. The third kappa shape index (κ3) is 6.96. The van der Waals surface area contributed by atoms with Gasteiger partial charge < -0.3 is 15.4 Å². The van der Waals surface area contributed by atoms with E-state index in [4.69, 9.17) is 9.73 Å². The van der Waals surface area contributed by atoms with Gasteiger partial charge in [-0.05, 0) is 34.1 Å². The van der Waals surface area contributed by atoms with Crippen molar-refractivity contribution in [2.24, 2.45) is 4.99 Å². The fourth-order valence-corrected chi connectivity index (χ4v) is 2.32. The van der Waals surface area contributed by atoms with E-state index in [1.807, 2.05) is 6.92 Å². The molecule has 0 saturated carbocycles. The molecule has 0 aromatic rings. The average molecular weight is 296 g/mol. The van der Waals surface area contributed by atoms with Gasteiger partial charge in [-0.15, -0.1) is 0 Å². The Morgan fingerprint density at radius 1 is 1.29 bits per heavy atom. The third-order valence-corrected chi connectivity index (χ3v) is 3.67. The molecule has 1 saturated heterocycles. The van der Waals surface area contributed by atoms with Crippen molar-refractivity contribution < 1.29 is 4.74 Å². The first-order valence-corrected chi connectivity index (χ1v) is 8.06. The van der Waals surface area contributed by atoms with Crippen LogP contribution < -0.4 is 10.6 Å². The second-order valence-corrected chi connectivity index (χ2v) is 5.89. The molecule has 1 aliphatic rings. The van der Waals surface area contributed by atoms with Gasteiger partial charge in [-0.25, -0.2) is 0 Å². The van der Waals surface area contributed by atoms with Crippen molar-refractivity contribution in [3.8, 4) is 0 Å². The molecular weight excluding hydrogens is 264 g/mol. The molecule has 5 heteroatoms. The molecule has 1 fully saturated rings. The molecule has 1 rings (SSSR count). The largest absolute Gasteiger partial charge is 0.379 e. The van der Waals surface area contributed by atoms with Crippen LogP contribution in [-0.2, 0) is 4.74 Å². The number of morpholine rings is 1. The normalized spacial score (nSPS) is 18.2. The summed E-state index contributed by atoms with van der Waals surface area (Å²) < 4.78 is 5.43. The predicted molar refractivity (Wildman–Crippen MR) is 89.9 cm³/mol. The topological polar surface area (TPSA) is 48.9 Å². The van der Waals surface area contributed by atoms with Gasteiger partial charge in [0.2, 0.25) is 0 Å². The van der Waals surface area contributed by atoms with Gasteiger partial charge in [0.1, 0.15) is 0 Å². The highest BCUT2D eigenvalue weighted by atomic mass is 16.5. The molecule has 0 unspecified atom stereocenters. The van der Waals surface area contributed by atoms with Crippen LogP contribution in [0, 0.1) is 0 Å². The fourth-order valence-electron chi connectivity index (χ4n) is 2.32. The quantitative estimate of drug-likeness (QED) is 0.324. The molecule has 0 spiro atoms. The number of rotatable bonds is 7. The molecule has 5 nitrogen and oxygen atoms in total. The van der Waals surface area contributed by atoms with E-state index in [-0.39, 0.29) is 5.54 Å².